The summed E-state index contributed by atoms with van der Waals surface area (Å²) in [5, 5.41) is 4.08. The van der Waals surface area contributed by atoms with Crippen LogP contribution in [-0.4, -0.2) is 39.0 Å². The van der Waals surface area contributed by atoms with E-state index in [1.165, 1.54) is 42.9 Å². The fraction of sp³-hybridized carbons (Fsp3) is 0.474. The Balaban J connectivity index is 1.72. The lowest BCUT2D eigenvalue weighted by molar-refractivity contribution is -0.114. The van der Waals surface area contributed by atoms with Gasteiger partial charge in [-0.05, 0) is 50.5 Å². The Morgan fingerprint density at radius 2 is 2.15 bits per heavy atom. The minimum Gasteiger partial charge on any atom is -0.331 e. The maximum absolute atomic E-state index is 13.0. The highest BCUT2D eigenvalue weighted by atomic mass is 32.2. The number of carbonyl (C=O) groups is 2. The molecule has 1 fully saturated rings. The molecule has 0 saturated heterocycles. The lowest BCUT2D eigenvalue weighted by Gasteiger charge is -2.23. The normalized spacial score (nSPS) is 17.2. The highest BCUT2D eigenvalue weighted by Crippen LogP contribution is 2.41. The largest absolute Gasteiger partial charge is 0.331 e. The molecule has 2 aliphatic rings. The highest BCUT2D eigenvalue weighted by molar-refractivity contribution is 7.98. The average Bonchev–Trinajstić information content (AvgIpc) is 3.33. The lowest BCUT2D eigenvalue weighted by atomic mass is 10.1. The van der Waals surface area contributed by atoms with Gasteiger partial charge in [0, 0.05) is 19.5 Å². The minimum atomic E-state index is -0.141. The maximum atomic E-state index is 13.0. The van der Waals surface area contributed by atoms with Crippen LogP contribution >= 0.6 is 23.1 Å². The van der Waals surface area contributed by atoms with Crippen molar-refractivity contribution in [3.63, 3.8) is 0 Å². The first-order chi connectivity index (χ1) is 12.9. The smallest absolute Gasteiger partial charge is 0.257 e. The van der Waals surface area contributed by atoms with Gasteiger partial charge >= 0.3 is 0 Å². The predicted octanol–water partition coefficient (Wildman–Crippen LogP) is 3.95. The van der Waals surface area contributed by atoms with E-state index >= 15 is 0 Å². The molecule has 2 aromatic heterocycles. The molecular weight excluding hydrogens is 380 g/mol. The highest BCUT2D eigenvalue weighted by Gasteiger charge is 2.40. The minimum absolute atomic E-state index is 0.104. The molecule has 1 aliphatic carbocycles. The maximum Gasteiger partial charge on any atom is 0.257 e. The van der Waals surface area contributed by atoms with Crippen molar-refractivity contribution >= 4 is 40.0 Å². The Hall–Kier alpha value is -1.93. The summed E-state index contributed by atoms with van der Waals surface area (Å²) in [6.07, 6.45) is 4.38. The number of hydrogen-bond acceptors (Lipinski definition) is 6. The molecule has 0 bridgehead atoms. The Kier molecular flexibility index (Phi) is 4.71. The molecule has 142 valence electrons. The molecule has 0 spiro atoms. The van der Waals surface area contributed by atoms with Crippen LogP contribution in [0.25, 0.3) is 10.6 Å². The van der Waals surface area contributed by atoms with Crippen molar-refractivity contribution in [1.82, 2.24) is 14.9 Å². The van der Waals surface area contributed by atoms with Crippen molar-refractivity contribution in [1.29, 1.82) is 0 Å². The zero-order valence-electron chi connectivity index (χ0n) is 15.8. The van der Waals surface area contributed by atoms with Gasteiger partial charge in [-0.25, -0.2) is 9.97 Å². The second-order valence-electron chi connectivity index (χ2n) is 7.18. The van der Waals surface area contributed by atoms with Crippen LogP contribution in [0.2, 0.25) is 0 Å². The molecule has 0 aromatic carbocycles. The van der Waals surface area contributed by atoms with Gasteiger partial charge in [0.2, 0.25) is 5.91 Å². The van der Waals surface area contributed by atoms with Crippen molar-refractivity contribution in [2.24, 2.45) is 5.92 Å². The van der Waals surface area contributed by atoms with Gasteiger partial charge in [-0.1, -0.05) is 11.3 Å². The number of nitrogens with one attached hydrogen (secondary N) is 1. The van der Waals surface area contributed by atoms with E-state index < -0.39 is 0 Å². The first kappa shape index (κ1) is 18.4. The number of aromatic nitrogens is 2. The van der Waals surface area contributed by atoms with E-state index in [2.05, 4.69) is 17.2 Å². The molecule has 3 heterocycles. The number of nitrogens with zero attached hydrogens (tertiary/aromatic N) is 3. The fourth-order valence-corrected chi connectivity index (χ4v) is 5.17. The number of aryl methyl sites for hydroxylation is 1. The number of anilines is 1. The van der Waals surface area contributed by atoms with Crippen molar-refractivity contribution < 1.29 is 9.59 Å². The zero-order valence-corrected chi connectivity index (χ0v) is 17.5. The van der Waals surface area contributed by atoms with Gasteiger partial charge in [0.1, 0.15) is 5.03 Å². The number of amides is 2. The van der Waals surface area contributed by atoms with Gasteiger partial charge in [0.25, 0.3) is 5.91 Å². The van der Waals surface area contributed by atoms with E-state index in [4.69, 9.17) is 4.98 Å². The van der Waals surface area contributed by atoms with Crippen molar-refractivity contribution in [2.45, 2.75) is 51.2 Å². The summed E-state index contributed by atoms with van der Waals surface area (Å²) in [7, 11) is 0. The zero-order chi connectivity index (χ0) is 19.3. The Bertz CT molecular complexity index is 936. The van der Waals surface area contributed by atoms with E-state index in [-0.39, 0.29) is 17.9 Å². The van der Waals surface area contributed by atoms with Gasteiger partial charge in [-0.3, -0.25) is 9.59 Å². The molecule has 0 radical (unpaired) electrons. The van der Waals surface area contributed by atoms with Crippen LogP contribution in [0, 0.1) is 12.8 Å². The quantitative estimate of drug-likeness (QED) is 0.767. The fourth-order valence-electron chi connectivity index (χ4n) is 3.59. The molecule has 1 saturated carbocycles. The van der Waals surface area contributed by atoms with E-state index in [0.29, 0.717) is 17.6 Å². The van der Waals surface area contributed by atoms with Gasteiger partial charge in [-0.2, -0.15) is 0 Å². The topological polar surface area (TPSA) is 75.2 Å². The first-order valence-electron chi connectivity index (χ1n) is 9.03. The number of hydrogen-bond donors (Lipinski definition) is 1. The Morgan fingerprint density at radius 3 is 2.78 bits per heavy atom. The number of fused-ring (bicyclic) bond motifs is 1. The Labute approximate surface area is 166 Å². The molecule has 6 nitrogen and oxygen atoms in total. The molecule has 1 N–H and O–H groups in total. The molecule has 27 heavy (non-hydrogen) atoms. The molecule has 1 atom stereocenters. The van der Waals surface area contributed by atoms with Gasteiger partial charge < -0.3 is 10.2 Å². The van der Waals surface area contributed by atoms with Crippen LogP contribution in [-0.2, 0) is 11.3 Å². The summed E-state index contributed by atoms with van der Waals surface area (Å²) in [6.45, 7) is 6.18. The molecule has 4 rings (SSSR count). The lowest BCUT2D eigenvalue weighted by Crippen LogP contribution is -2.34. The molecule has 1 unspecified atom stereocenters. The first-order valence-corrected chi connectivity index (χ1v) is 11.1. The summed E-state index contributed by atoms with van der Waals surface area (Å²) >= 11 is 2.92. The number of thiazole rings is 1. The van der Waals surface area contributed by atoms with Crippen molar-refractivity contribution in [3.8, 4) is 10.6 Å². The number of thioether (sulfide) groups is 1. The average molecular weight is 403 g/mol. The van der Waals surface area contributed by atoms with E-state index in [9.17, 15) is 9.59 Å². The van der Waals surface area contributed by atoms with Crippen molar-refractivity contribution in [2.75, 3.05) is 11.6 Å². The van der Waals surface area contributed by atoms with Crippen LogP contribution in [0.15, 0.2) is 11.1 Å². The standard InChI is InChI=1S/C19H22N4O2S2/c1-9-16(27-19(20-9)21-11(3)24)14-7-13-8-23(10(2)12-5-6-12)18(25)15(13)17(22-14)26-4/h7,10,12H,5-6,8H2,1-4H3,(H,20,21,24). The van der Waals surface area contributed by atoms with E-state index in [1.54, 1.807) is 0 Å². The number of rotatable bonds is 5. The summed E-state index contributed by atoms with van der Waals surface area (Å²) in [5.41, 5.74) is 3.44. The Morgan fingerprint density at radius 1 is 1.41 bits per heavy atom. The van der Waals surface area contributed by atoms with Crippen LogP contribution in [0.3, 0.4) is 0 Å². The van der Waals surface area contributed by atoms with Gasteiger partial charge in [0.15, 0.2) is 5.13 Å². The van der Waals surface area contributed by atoms with Crippen LogP contribution < -0.4 is 5.32 Å². The van der Waals surface area contributed by atoms with Gasteiger partial charge in [-0.15, -0.1) is 11.8 Å². The summed E-state index contributed by atoms with van der Waals surface area (Å²) in [5.74, 6) is 0.599. The SMILES string of the molecule is CSc1nc(-c2sc(NC(C)=O)nc2C)cc2c1C(=O)N(C(C)C1CC1)C2. The van der Waals surface area contributed by atoms with Gasteiger partial charge in [0.05, 0.1) is 21.8 Å². The summed E-state index contributed by atoms with van der Waals surface area (Å²) in [6, 6.07) is 2.30. The molecular formula is C19H22N4O2S2. The van der Waals surface area contributed by atoms with Crippen molar-refractivity contribution in [3.05, 3.63) is 22.9 Å². The summed E-state index contributed by atoms with van der Waals surface area (Å²) < 4.78 is 0. The van der Waals surface area contributed by atoms with E-state index in [0.717, 1.165) is 32.4 Å². The number of pyridine rings is 1. The second kappa shape index (κ2) is 6.91. The van der Waals surface area contributed by atoms with E-state index in [1.807, 2.05) is 24.1 Å². The number of carbonyl (C=O) groups excluding carboxylic acids is 2. The third-order valence-corrected chi connectivity index (χ3v) is 6.96. The molecule has 2 amide bonds. The molecule has 8 heteroatoms. The second-order valence-corrected chi connectivity index (χ2v) is 8.97. The third-order valence-electron chi connectivity index (χ3n) is 5.18. The molecule has 2 aromatic rings. The predicted molar refractivity (Wildman–Crippen MR) is 108 cm³/mol. The van der Waals surface area contributed by atoms with Crippen LogP contribution in [0.4, 0.5) is 5.13 Å². The monoisotopic (exact) mass is 402 g/mol. The third kappa shape index (κ3) is 3.36. The summed E-state index contributed by atoms with van der Waals surface area (Å²) in [4.78, 5) is 36.4. The van der Waals surface area contributed by atoms with Crippen LogP contribution in [0.5, 0.6) is 0 Å². The van der Waals surface area contributed by atoms with Crippen LogP contribution in [0.1, 0.15) is 48.3 Å². The molecule has 1 aliphatic heterocycles.